The summed E-state index contributed by atoms with van der Waals surface area (Å²) in [5.74, 6) is 0.567. The highest BCUT2D eigenvalue weighted by molar-refractivity contribution is 7.09. The van der Waals surface area contributed by atoms with Gasteiger partial charge in [-0.1, -0.05) is 6.92 Å². The Morgan fingerprint density at radius 1 is 1.40 bits per heavy atom. The average Bonchev–Trinajstić information content (AvgIpc) is 2.96. The number of hydrogen-bond donors (Lipinski definition) is 2. The van der Waals surface area contributed by atoms with Gasteiger partial charge in [0.1, 0.15) is 11.2 Å². The van der Waals surface area contributed by atoms with Gasteiger partial charge in [0.2, 0.25) is 11.8 Å². The van der Waals surface area contributed by atoms with Crippen LogP contribution in [0.5, 0.6) is 0 Å². The van der Waals surface area contributed by atoms with E-state index in [1.807, 2.05) is 12.3 Å². The highest BCUT2D eigenvalue weighted by Gasteiger charge is 2.17. The number of thiazole rings is 1. The maximum atomic E-state index is 11.0. The van der Waals surface area contributed by atoms with Gasteiger partial charge in [0.25, 0.3) is 0 Å². The molecule has 2 aromatic heterocycles. The van der Waals surface area contributed by atoms with Crippen molar-refractivity contribution in [1.82, 2.24) is 15.0 Å². The first-order valence-corrected chi connectivity index (χ1v) is 6.96. The van der Waals surface area contributed by atoms with Crippen LogP contribution in [0.25, 0.3) is 0 Å². The summed E-state index contributed by atoms with van der Waals surface area (Å²) in [5.41, 5.74) is -0.149. The Balaban J connectivity index is 2.15. The molecule has 0 saturated carbocycles. The minimum atomic E-state index is -0.506. The van der Waals surface area contributed by atoms with Gasteiger partial charge in [-0.15, -0.1) is 11.3 Å². The van der Waals surface area contributed by atoms with Gasteiger partial charge < -0.3 is 10.6 Å². The molecule has 0 unspecified atom stereocenters. The summed E-state index contributed by atoms with van der Waals surface area (Å²) < 4.78 is 0. The molecule has 2 aromatic rings. The number of nitro groups is 1. The molecule has 2 N–H and O–H groups in total. The summed E-state index contributed by atoms with van der Waals surface area (Å²) in [6.45, 7) is 3.12. The van der Waals surface area contributed by atoms with E-state index in [0.717, 1.165) is 11.4 Å². The van der Waals surface area contributed by atoms with E-state index in [0.29, 0.717) is 19.0 Å². The summed E-state index contributed by atoms with van der Waals surface area (Å²) in [5, 5.41) is 19.6. The number of anilines is 2. The van der Waals surface area contributed by atoms with Gasteiger partial charge in [-0.2, -0.15) is 4.98 Å². The Morgan fingerprint density at radius 3 is 2.90 bits per heavy atom. The van der Waals surface area contributed by atoms with Crippen LogP contribution in [0.3, 0.4) is 0 Å². The lowest BCUT2D eigenvalue weighted by Gasteiger charge is -2.07. The van der Waals surface area contributed by atoms with Crippen molar-refractivity contribution in [2.75, 3.05) is 17.2 Å². The van der Waals surface area contributed by atoms with Crippen molar-refractivity contribution in [3.63, 3.8) is 0 Å². The Kier molecular flexibility index (Phi) is 4.77. The van der Waals surface area contributed by atoms with Crippen molar-refractivity contribution in [3.05, 3.63) is 32.9 Å². The lowest BCUT2D eigenvalue weighted by molar-refractivity contribution is -0.384. The Bertz CT molecular complexity index is 574. The third-order valence-electron chi connectivity index (χ3n) is 2.39. The molecule has 0 aromatic carbocycles. The SMILES string of the molecule is CCCNc1ncc([N+](=O)[O-])c(NCc2nccs2)n1. The van der Waals surface area contributed by atoms with E-state index in [1.165, 1.54) is 17.5 Å². The first-order chi connectivity index (χ1) is 9.70. The molecule has 0 radical (unpaired) electrons. The van der Waals surface area contributed by atoms with E-state index in [2.05, 4.69) is 25.6 Å². The van der Waals surface area contributed by atoms with Gasteiger partial charge in [0.15, 0.2) is 0 Å². The van der Waals surface area contributed by atoms with Crippen LogP contribution in [-0.2, 0) is 6.54 Å². The van der Waals surface area contributed by atoms with Gasteiger partial charge in [-0.3, -0.25) is 10.1 Å². The van der Waals surface area contributed by atoms with E-state index >= 15 is 0 Å². The standard InChI is InChI=1S/C11H14N6O2S/c1-2-3-13-11-15-6-8(17(18)19)10(16-11)14-7-9-12-4-5-20-9/h4-6H,2-3,7H2,1H3,(H2,13,14,15,16). The molecular weight excluding hydrogens is 280 g/mol. The smallest absolute Gasteiger partial charge is 0.329 e. The third kappa shape index (κ3) is 3.60. The van der Waals surface area contributed by atoms with Crippen molar-refractivity contribution in [2.45, 2.75) is 19.9 Å². The summed E-state index contributed by atoms with van der Waals surface area (Å²) in [4.78, 5) is 22.6. The van der Waals surface area contributed by atoms with E-state index < -0.39 is 4.92 Å². The van der Waals surface area contributed by atoms with Crippen molar-refractivity contribution < 1.29 is 4.92 Å². The summed E-state index contributed by atoms with van der Waals surface area (Å²) in [6, 6.07) is 0. The number of nitrogens with one attached hydrogen (secondary N) is 2. The molecule has 0 spiro atoms. The minimum Gasteiger partial charge on any atom is -0.358 e. The maximum absolute atomic E-state index is 11.0. The normalized spacial score (nSPS) is 10.2. The third-order valence-corrected chi connectivity index (χ3v) is 3.17. The molecule has 8 nitrogen and oxygen atoms in total. The molecule has 0 fully saturated rings. The Morgan fingerprint density at radius 2 is 2.25 bits per heavy atom. The Labute approximate surface area is 119 Å². The molecule has 0 aliphatic heterocycles. The number of hydrogen-bond acceptors (Lipinski definition) is 8. The maximum Gasteiger partial charge on any atom is 0.329 e. The first-order valence-electron chi connectivity index (χ1n) is 6.08. The molecule has 2 rings (SSSR count). The molecule has 0 bridgehead atoms. The molecule has 0 saturated heterocycles. The average molecular weight is 294 g/mol. The zero-order valence-corrected chi connectivity index (χ0v) is 11.7. The number of rotatable bonds is 7. The monoisotopic (exact) mass is 294 g/mol. The molecule has 2 heterocycles. The number of aromatic nitrogens is 3. The highest BCUT2D eigenvalue weighted by atomic mass is 32.1. The molecule has 0 aliphatic rings. The summed E-state index contributed by atoms with van der Waals surface area (Å²) in [6.07, 6.45) is 3.81. The van der Waals surface area contributed by atoms with Gasteiger partial charge in [-0.05, 0) is 6.42 Å². The molecule has 9 heteroatoms. The number of nitrogens with zero attached hydrogens (tertiary/aromatic N) is 4. The predicted octanol–water partition coefficient (Wildman–Crippen LogP) is 2.28. The predicted molar refractivity (Wildman–Crippen MR) is 76.9 cm³/mol. The second kappa shape index (κ2) is 6.75. The van der Waals surface area contributed by atoms with E-state index in [9.17, 15) is 10.1 Å². The topological polar surface area (TPSA) is 106 Å². The molecule has 20 heavy (non-hydrogen) atoms. The fourth-order valence-corrected chi connectivity index (χ4v) is 2.02. The van der Waals surface area contributed by atoms with Gasteiger partial charge >= 0.3 is 5.69 Å². The zero-order valence-electron chi connectivity index (χ0n) is 10.9. The van der Waals surface area contributed by atoms with Crippen molar-refractivity contribution in [2.24, 2.45) is 0 Å². The summed E-state index contributed by atoms with van der Waals surface area (Å²) >= 11 is 1.47. The molecular formula is C11H14N6O2S. The largest absolute Gasteiger partial charge is 0.358 e. The quantitative estimate of drug-likeness (QED) is 0.596. The van der Waals surface area contributed by atoms with Crippen LogP contribution >= 0.6 is 11.3 Å². The minimum absolute atomic E-state index is 0.149. The molecule has 0 amide bonds. The van der Waals surface area contributed by atoms with Crippen LogP contribution in [0.1, 0.15) is 18.4 Å². The Hall–Kier alpha value is -2.29. The molecule has 106 valence electrons. The van der Waals surface area contributed by atoms with Crippen LogP contribution in [0.4, 0.5) is 17.5 Å². The van der Waals surface area contributed by atoms with Gasteiger partial charge in [0.05, 0.1) is 11.5 Å². The van der Waals surface area contributed by atoms with Crippen LogP contribution in [-0.4, -0.2) is 26.4 Å². The van der Waals surface area contributed by atoms with Crippen LogP contribution < -0.4 is 10.6 Å². The second-order valence-electron chi connectivity index (χ2n) is 3.89. The summed E-state index contributed by atoms with van der Waals surface area (Å²) in [7, 11) is 0. The van der Waals surface area contributed by atoms with Crippen molar-refractivity contribution in [1.29, 1.82) is 0 Å². The van der Waals surface area contributed by atoms with E-state index in [1.54, 1.807) is 6.20 Å². The second-order valence-corrected chi connectivity index (χ2v) is 4.87. The van der Waals surface area contributed by atoms with Crippen LogP contribution in [0, 0.1) is 10.1 Å². The molecule has 0 aliphatic carbocycles. The lowest BCUT2D eigenvalue weighted by atomic mass is 10.4. The first kappa shape index (κ1) is 14.1. The van der Waals surface area contributed by atoms with Gasteiger partial charge in [-0.25, -0.2) is 9.97 Å². The fourth-order valence-electron chi connectivity index (χ4n) is 1.46. The zero-order chi connectivity index (χ0) is 14.4. The van der Waals surface area contributed by atoms with Gasteiger partial charge in [0, 0.05) is 18.1 Å². The van der Waals surface area contributed by atoms with Crippen LogP contribution in [0.15, 0.2) is 17.8 Å². The van der Waals surface area contributed by atoms with Crippen molar-refractivity contribution >= 4 is 28.8 Å². The lowest BCUT2D eigenvalue weighted by Crippen LogP contribution is -2.09. The van der Waals surface area contributed by atoms with E-state index in [4.69, 9.17) is 0 Å². The van der Waals surface area contributed by atoms with Crippen LogP contribution in [0.2, 0.25) is 0 Å². The van der Waals surface area contributed by atoms with Crippen molar-refractivity contribution in [3.8, 4) is 0 Å². The fraction of sp³-hybridized carbons (Fsp3) is 0.364. The highest BCUT2D eigenvalue weighted by Crippen LogP contribution is 2.22. The molecule has 0 atom stereocenters. The van der Waals surface area contributed by atoms with E-state index in [-0.39, 0.29) is 11.5 Å².